The highest BCUT2D eigenvalue weighted by atomic mass is 32.1. The number of furan rings is 1. The number of amides is 1. The minimum Gasteiger partial charge on any atom is -0.493 e. The molecule has 2 aromatic heterocycles. The molecule has 1 N–H and O–H groups in total. The minimum absolute atomic E-state index is 0.238. The fraction of sp³-hybridized carbons (Fsp3) is 0.300. The number of aryl methyl sites for hydroxylation is 2. The van der Waals surface area contributed by atoms with Gasteiger partial charge >= 0.3 is 0 Å². The lowest BCUT2D eigenvalue weighted by molar-refractivity contribution is 0.102. The maximum absolute atomic E-state index is 12.7. The molecule has 3 rings (SSSR count). The number of benzene rings is 1. The van der Waals surface area contributed by atoms with Crippen molar-refractivity contribution in [2.45, 2.75) is 13.8 Å². The standard InChI is InChI=1S/C20H22N2O5S/c1-12-5-7-16(27-12)20-21-13(2)18(28-20)19(23)22-14-6-8-15(25-4)17(11-14)26-10-9-24-3/h5-8,11H,9-10H2,1-4H3,(H,22,23). The summed E-state index contributed by atoms with van der Waals surface area (Å²) < 4.78 is 21.6. The SMILES string of the molecule is COCCOc1cc(NC(=O)c2sc(-c3ccc(C)o3)nc2C)ccc1OC. The summed E-state index contributed by atoms with van der Waals surface area (Å²) in [7, 11) is 3.17. The lowest BCUT2D eigenvalue weighted by Gasteiger charge is -2.12. The molecule has 1 amide bonds. The number of thiazole rings is 1. The summed E-state index contributed by atoms with van der Waals surface area (Å²) in [6, 6.07) is 8.94. The van der Waals surface area contributed by atoms with E-state index in [1.165, 1.54) is 11.3 Å². The average molecular weight is 402 g/mol. The molecule has 0 spiro atoms. The summed E-state index contributed by atoms with van der Waals surface area (Å²) >= 11 is 1.29. The van der Waals surface area contributed by atoms with Crippen LogP contribution in [0.4, 0.5) is 5.69 Å². The molecule has 1 aromatic carbocycles. The van der Waals surface area contributed by atoms with Crippen molar-refractivity contribution < 1.29 is 23.4 Å². The fourth-order valence-electron chi connectivity index (χ4n) is 2.55. The van der Waals surface area contributed by atoms with E-state index in [2.05, 4.69) is 10.3 Å². The Kier molecular flexibility index (Phi) is 6.33. The molecule has 0 radical (unpaired) electrons. The number of ether oxygens (including phenoxy) is 3. The van der Waals surface area contributed by atoms with Gasteiger partial charge in [-0.05, 0) is 38.1 Å². The normalized spacial score (nSPS) is 10.7. The molecule has 0 bridgehead atoms. The van der Waals surface area contributed by atoms with Gasteiger partial charge in [-0.25, -0.2) is 4.98 Å². The number of rotatable bonds is 8. The van der Waals surface area contributed by atoms with Gasteiger partial charge in [0, 0.05) is 18.9 Å². The molecule has 8 heteroatoms. The van der Waals surface area contributed by atoms with Crippen LogP contribution in [0.1, 0.15) is 21.1 Å². The maximum atomic E-state index is 12.7. The molecular weight excluding hydrogens is 380 g/mol. The second-order valence-corrected chi connectivity index (χ2v) is 7.00. The van der Waals surface area contributed by atoms with Crippen LogP contribution < -0.4 is 14.8 Å². The topological polar surface area (TPSA) is 82.8 Å². The third-order valence-corrected chi connectivity index (χ3v) is 5.09. The summed E-state index contributed by atoms with van der Waals surface area (Å²) in [6.45, 7) is 4.50. The monoisotopic (exact) mass is 402 g/mol. The van der Waals surface area contributed by atoms with Crippen molar-refractivity contribution in [1.82, 2.24) is 4.98 Å². The summed E-state index contributed by atoms with van der Waals surface area (Å²) in [4.78, 5) is 17.7. The van der Waals surface area contributed by atoms with Gasteiger partial charge in [-0.2, -0.15) is 0 Å². The number of carbonyl (C=O) groups excluding carboxylic acids is 1. The highest BCUT2D eigenvalue weighted by Crippen LogP contribution is 2.32. The Bertz CT molecular complexity index is 963. The first-order chi connectivity index (χ1) is 13.5. The number of nitrogens with zero attached hydrogens (tertiary/aromatic N) is 1. The Hall–Kier alpha value is -2.84. The molecule has 0 saturated heterocycles. The van der Waals surface area contributed by atoms with E-state index in [1.807, 2.05) is 19.1 Å². The largest absolute Gasteiger partial charge is 0.493 e. The molecule has 0 atom stereocenters. The first kappa shape index (κ1) is 19.9. The van der Waals surface area contributed by atoms with Crippen LogP contribution in [0.5, 0.6) is 11.5 Å². The van der Waals surface area contributed by atoms with Crippen LogP contribution in [0.3, 0.4) is 0 Å². The number of methoxy groups -OCH3 is 2. The third-order valence-electron chi connectivity index (χ3n) is 3.92. The second kappa shape index (κ2) is 8.90. The molecule has 28 heavy (non-hydrogen) atoms. The number of anilines is 1. The molecule has 0 aliphatic rings. The van der Waals surface area contributed by atoms with Crippen molar-refractivity contribution in [3.05, 3.63) is 46.7 Å². The molecule has 148 valence electrons. The Morgan fingerprint density at radius 3 is 2.64 bits per heavy atom. The lowest BCUT2D eigenvalue weighted by Crippen LogP contribution is -2.12. The van der Waals surface area contributed by atoms with E-state index < -0.39 is 0 Å². The van der Waals surface area contributed by atoms with Gasteiger partial charge in [-0.1, -0.05) is 0 Å². The van der Waals surface area contributed by atoms with Crippen LogP contribution in [-0.2, 0) is 4.74 Å². The van der Waals surface area contributed by atoms with E-state index in [0.29, 0.717) is 51.7 Å². The first-order valence-electron chi connectivity index (χ1n) is 8.67. The molecule has 0 fully saturated rings. The van der Waals surface area contributed by atoms with Crippen LogP contribution in [0.2, 0.25) is 0 Å². The second-order valence-electron chi connectivity index (χ2n) is 6.00. The van der Waals surface area contributed by atoms with Crippen LogP contribution in [0, 0.1) is 13.8 Å². The Balaban J connectivity index is 1.77. The van der Waals surface area contributed by atoms with Crippen molar-refractivity contribution in [3.8, 4) is 22.3 Å². The number of carbonyl (C=O) groups is 1. The van der Waals surface area contributed by atoms with Crippen molar-refractivity contribution in [1.29, 1.82) is 0 Å². The smallest absolute Gasteiger partial charge is 0.267 e. The Labute approximate surface area is 167 Å². The third kappa shape index (κ3) is 4.52. The highest BCUT2D eigenvalue weighted by Gasteiger charge is 2.18. The van der Waals surface area contributed by atoms with Crippen LogP contribution >= 0.6 is 11.3 Å². The Morgan fingerprint density at radius 2 is 1.96 bits per heavy atom. The van der Waals surface area contributed by atoms with E-state index in [1.54, 1.807) is 39.3 Å². The summed E-state index contributed by atoms with van der Waals surface area (Å²) in [5.74, 6) is 2.33. The van der Waals surface area contributed by atoms with Crippen LogP contribution in [0.25, 0.3) is 10.8 Å². The zero-order chi connectivity index (χ0) is 20.1. The van der Waals surface area contributed by atoms with Gasteiger partial charge in [-0.3, -0.25) is 4.79 Å². The number of nitrogens with one attached hydrogen (secondary N) is 1. The van der Waals surface area contributed by atoms with Gasteiger partial charge in [0.25, 0.3) is 5.91 Å². The fourth-order valence-corrected chi connectivity index (χ4v) is 3.48. The summed E-state index contributed by atoms with van der Waals surface area (Å²) in [5, 5.41) is 3.56. The quantitative estimate of drug-likeness (QED) is 0.566. The van der Waals surface area contributed by atoms with E-state index in [0.717, 1.165) is 5.76 Å². The highest BCUT2D eigenvalue weighted by molar-refractivity contribution is 7.17. The summed E-state index contributed by atoms with van der Waals surface area (Å²) in [5.41, 5.74) is 1.25. The molecular formula is C20H22N2O5S. The van der Waals surface area contributed by atoms with E-state index in [4.69, 9.17) is 18.6 Å². The van der Waals surface area contributed by atoms with Crippen LogP contribution in [-0.4, -0.2) is 38.3 Å². The average Bonchev–Trinajstić information content (AvgIpc) is 3.28. The molecule has 3 aromatic rings. The minimum atomic E-state index is -0.238. The summed E-state index contributed by atoms with van der Waals surface area (Å²) in [6.07, 6.45) is 0. The lowest BCUT2D eigenvalue weighted by atomic mass is 10.2. The number of aromatic nitrogens is 1. The van der Waals surface area contributed by atoms with Crippen molar-refractivity contribution in [2.24, 2.45) is 0 Å². The van der Waals surface area contributed by atoms with Gasteiger partial charge in [0.15, 0.2) is 22.3 Å². The van der Waals surface area contributed by atoms with Gasteiger partial charge in [0.2, 0.25) is 0 Å². The van der Waals surface area contributed by atoms with Crippen LogP contribution in [0.15, 0.2) is 34.7 Å². The van der Waals surface area contributed by atoms with Gasteiger partial charge in [-0.15, -0.1) is 11.3 Å². The van der Waals surface area contributed by atoms with Gasteiger partial charge in [0.1, 0.15) is 17.2 Å². The van der Waals surface area contributed by atoms with E-state index in [-0.39, 0.29) is 5.91 Å². The van der Waals surface area contributed by atoms with E-state index >= 15 is 0 Å². The number of hydrogen-bond donors (Lipinski definition) is 1. The first-order valence-corrected chi connectivity index (χ1v) is 9.49. The predicted octanol–water partition coefficient (Wildman–Crippen LogP) is 4.31. The van der Waals surface area contributed by atoms with Crippen molar-refractivity contribution in [3.63, 3.8) is 0 Å². The molecule has 7 nitrogen and oxygen atoms in total. The van der Waals surface area contributed by atoms with Crippen molar-refractivity contribution >= 4 is 22.9 Å². The molecule has 0 aliphatic heterocycles. The Morgan fingerprint density at radius 1 is 1.14 bits per heavy atom. The molecule has 0 unspecified atom stereocenters. The number of hydrogen-bond acceptors (Lipinski definition) is 7. The predicted molar refractivity (Wildman–Crippen MR) is 108 cm³/mol. The molecule has 0 aliphatic carbocycles. The van der Waals surface area contributed by atoms with Gasteiger partial charge < -0.3 is 23.9 Å². The zero-order valence-corrected chi connectivity index (χ0v) is 17.0. The van der Waals surface area contributed by atoms with Crippen molar-refractivity contribution in [2.75, 3.05) is 32.8 Å². The maximum Gasteiger partial charge on any atom is 0.267 e. The zero-order valence-electron chi connectivity index (χ0n) is 16.2. The molecule has 2 heterocycles. The van der Waals surface area contributed by atoms with Gasteiger partial charge in [0.05, 0.1) is 19.4 Å². The molecule has 0 saturated carbocycles. The van der Waals surface area contributed by atoms with E-state index in [9.17, 15) is 4.79 Å².